The summed E-state index contributed by atoms with van der Waals surface area (Å²) in [6.07, 6.45) is 0. The van der Waals surface area contributed by atoms with Crippen LogP contribution in [0.2, 0.25) is 0 Å². The number of carbonyl (C=O) groups excluding carboxylic acids is 3. The number of thiazole rings is 1. The molecule has 2 aromatic heterocycles. The lowest BCUT2D eigenvalue weighted by molar-refractivity contribution is -0.384. The number of benzene rings is 1. The minimum atomic E-state index is -1.19. The second kappa shape index (κ2) is 8.56. The first-order valence-corrected chi connectivity index (χ1v) is 11.1. The molecule has 4 rings (SSSR count). The van der Waals surface area contributed by atoms with Gasteiger partial charge in [0.15, 0.2) is 10.9 Å². The number of anilines is 1. The van der Waals surface area contributed by atoms with E-state index in [-0.39, 0.29) is 31.7 Å². The van der Waals surface area contributed by atoms with Crippen LogP contribution in [0.25, 0.3) is 0 Å². The summed E-state index contributed by atoms with van der Waals surface area (Å²) >= 11 is 1.98. The van der Waals surface area contributed by atoms with Gasteiger partial charge in [0.25, 0.3) is 11.6 Å². The van der Waals surface area contributed by atoms with Gasteiger partial charge in [-0.25, -0.2) is 9.78 Å². The Labute approximate surface area is 194 Å². The Hall–Kier alpha value is -3.90. The molecule has 0 spiro atoms. The number of rotatable bonds is 6. The average molecular weight is 485 g/mol. The third-order valence-electron chi connectivity index (χ3n) is 4.96. The number of non-ortho nitro benzene ring substituents is 1. The zero-order valence-electron chi connectivity index (χ0n) is 17.2. The number of nitro benzene ring substituents is 1. The molecule has 1 N–H and O–H groups in total. The highest BCUT2D eigenvalue weighted by atomic mass is 32.1. The molecule has 0 fully saturated rings. The third-order valence-corrected chi connectivity index (χ3v) is 6.96. The number of hydrogen-bond acceptors (Lipinski definition) is 10. The van der Waals surface area contributed by atoms with E-state index < -0.39 is 34.4 Å². The molecule has 1 amide bonds. The molecule has 0 saturated heterocycles. The fourth-order valence-electron chi connectivity index (χ4n) is 3.47. The van der Waals surface area contributed by atoms with E-state index >= 15 is 0 Å². The van der Waals surface area contributed by atoms with Crippen molar-refractivity contribution in [3.63, 3.8) is 0 Å². The maximum atomic E-state index is 13.3. The number of aliphatic hydroxyl groups excluding tert-OH is 1. The van der Waals surface area contributed by atoms with Crippen LogP contribution >= 0.6 is 22.7 Å². The molecule has 0 radical (unpaired) electrons. The molecule has 1 aliphatic heterocycles. The van der Waals surface area contributed by atoms with Gasteiger partial charge in [-0.3, -0.25) is 24.6 Å². The highest BCUT2D eigenvalue weighted by molar-refractivity contribution is 7.17. The van der Waals surface area contributed by atoms with E-state index in [9.17, 15) is 29.6 Å². The van der Waals surface area contributed by atoms with Gasteiger partial charge in [-0.1, -0.05) is 29.5 Å². The number of nitrogens with zero attached hydrogens (tertiary/aromatic N) is 3. The number of carbonyl (C=O) groups is 3. The Bertz CT molecular complexity index is 1330. The van der Waals surface area contributed by atoms with Gasteiger partial charge in [0, 0.05) is 12.1 Å². The Kier molecular flexibility index (Phi) is 5.78. The molecule has 0 saturated carbocycles. The van der Waals surface area contributed by atoms with Crippen LogP contribution in [0, 0.1) is 17.0 Å². The third kappa shape index (κ3) is 3.79. The van der Waals surface area contributed by atoms with Crippen LogP contribution in [0.3, 0.4) is 0 Å². The van der Waals surface area contributed by atoms with E-state index in [1.165, 1.54) is 31.4 Å². The van der Waals surface area contributed by atoms with Crippen molar-refractivity contribution in [1.29, 1.82) is 0 Å². The summed E-state index contributed by atoms with van der Waals surface area (Å²) in [5.41, 5.74) is 0.0501. The predicted molar refractivity (Wildman–Crippen MR) is 120 cm³/mol. The first-order valence-electron chi connectivity index (χ1n) is 9.39. The topological polar surface area (TPSA) is 140 Å². The van der Waals surface area contributed by atoms with E-state index in [2.05, 4.69) is 4.98 Å². The maximum Gasteiger partial charge on any atom is 0.350 e. The summed E-state index contributed by atoms with van der Waals surface area (Å²) in [4.78, 5) is 55.0. The SMILES string of the molecule is COC(=O)c1sc(N2C(=O)C(O)=C(C(=O)c3cccs3)C2c2cccc([N+](=O)[O-])c2)nc1C. The summed E-state index contributed by atoms with van der Waals surface area (Å²) in [5, 5.41) is 23.8. The molecular formula is C21H15N3O7S2. The highest BCUT2D eigenvalue weighted by Gasteiger charge is 2.46. The second-order valence-electron chi connectivity index (χ2n) is 6.90. The van der Waals surface area contributed by atoms with Gasteiger partial charge >= 0.3 is 5.97 Å². The molecular weight excluding hydrogens is 470 g/mol. The van der Waals surface area contributed by atoms with E-state index in [1.54, 1.807) is 24.4 Å². The summed E-state index contributed by atoms with van der Waals surface area (Å²) in [7, 11) is 1.21. The number of methoxy groups -OCH3 is 1. The van der Waals surface area contributed by atoms with Crippen molar-refractivity contribution in [2.75, 3.05) is 12.0 Å². The van der Waals surface area contributed by atoms with Crippen LogP contribution in [0.1, 0.15) is 36.6 Å². The fourth-order valence-corrected chi connectivity index (χ4v) is 5.16. The zero-order valence-corrected chi connectivity index (χ0v) is 18.8. The minimum Gasteiger partial charge on any atom is -0.503 e. The molecule has 33 heavy (non-hydrogen) atoms. The Balaban J connectivity index is 1.90. The molecule has 168 valence electrons. The number of hydrogen-bond donors (Lipinski definition) is 1. The Morgan fingerprint density at radius 3 is 2.67 bits per heavy atom. The lowest BCUT2D eigenvalue weighted by Crippen LogP contribution is -2.31. The maximum absolute atomic E-state index is 13.3. The second-order valence-corrected chi connectivity index (χ2v) is 8.83. The van der Waals surface area contributed by atoms with Crippen molar-refractivity contribution >= 4 is 51.2 Å². The number of aryl methyl sites for hydroxylation is 1. The number of Topliss-reactive ketones (excluding diaryl/α,β-unsaturated/α-hetero) is 1. The monoisotopic (exact) mass is 485 g/mol. The zero-order chi connectivity index (χ0) is 23.9. The molecule has 1 unspecified atom stereocenters. The lowest BCUT2D eigenvalue weighted by atomic mass is 9.95. The van der Waals surface area contributed by atoms with Gasteiger partial charge in [0.1, 0.15) is 4.88 Å². The summed E-state index contributed by atoms with van der Waals surface area (Å²) < 4.78 is 4.74. The number of ether oxygens (including phenoxy) is 1. The largest absolute Gasteiger partial charge is 0.503 e. The number of ketones is 1. The predicted octanol–water partition coefficient (Wildman–Crippen LogP) is 3.99. The number of aliphatic hydroxyl groups is 1. The molecule has 0 aliphatic carbocycles. The molecule has 3 aromatic rings. The van der Waals surface area contributed by atoms with Crippen molar-refractivity contribution in [3.05, 3.63) is 84.2 Å². The molecule has 1 aromatic carbocycles. The van der Waals surface area contributed by atoms with E-state index in [0.29, 0.717) is 5.69 Å². The number of thiophene rings is 1. The van der Waals surface area contributed by atoms with Crippen molar-refractivity contribution in [1.82, 2.24) is 4.98 Å². The molecule has 10 nitrogen and oxygen atoms in total. The van der Waals surface area contributed by atoms with E-state index in [4.69, 9.17) is 4.74 Å². The van der Waals surface area contributed by atoms with Gasteiger partial charge in [-0.2, -0.15) is 0 Å². The quantitative estimate of drug-likeness (QED) is 0.239. The van der Waals surface area contributed by atoms with Gasteiger partial charge in [0.2, 0.25) is 5.78 Å². The summed E-state index contributed by atoms with van der Waals surface area (Å²) in [6, 6.07) is 7.45. The van der Waals surface area contributed by atoms with E-state index in [1.807, 2.05) is 0 Å². The standard InChI is InChI=1S/C21H15N3O7S2/c1-10-18(20(28)31-2)33-21(22-10)23-15(11-5-3-6-12(9-11)24(29)30)14(17(26)19(23)27)16(25)13-7-4-8-32-13/h3-9,15,26H,1-2H3. The van der Waals surface area contributed by atoms with Crippen LogP contribution in [0.5, 0.6) is 0 Å². The first kappa shape index (κ1) is 22.3. The summed E-state index contributed by atoms with van der Waals surface area (Å²) in [5.74, 6) is -2.92. The van der Waals surface area contributed by atoms with Crippen molar-refractivity contribution in [3.8, 4) is 0 Å². The van der Waals surface area contributed by atoms with Crippen molar-refractivity contribution in [2.45, 2.75) is 13.0 Å². The minimum absolute atomic E-state index is 0.0370. The van der Waals surface area contributed by atoms with Gasteiger partial charge in [-0.05, 0) is 23.9 Å². The average Bonchev–Trinajstić information content (AvgIpc) is 3.52. The molecule has 12 heteroatoms. The first-order chi connectivity index (χ1) is 15.7. The number of amides is 1. The molecule has 1 atom stereocenters. The van der Waals surface area contributed by atoms with Gasteiger partial charge in [-0.15, -0.1) is 11.3 Å². The van der Waals surface area contributed by atoms with Crippen LogP contribution in [-0.2, 0) is 9.53 Å². The van der Waals surface area contributed by atoms with Crippen LogP contribution in [-0.4, -0.2) is 39.8 Å². The van der Waals surface area contributed by atoms with Crippen LogP contribution in [0.15, 0.2) is 53.1 Å². The van der Waals surface area contributed by atoms with Crippen molar-refractivity contribution in [2.24, 2.45) is 0 Å². The van der Waals surface area contributed by atoms with Gasteiger partial charge < -0.3 is 9.84 Å². The smallest absolute Gasteiger partial charge is 0.350 e. The van der Waals surface area contributed by atoms with Crippen LogP contribution in [0.4, 0.5) is 10.8 Å². The van der Waals surface area contributed by atoms with E-state index in [0.717, 1.165) is 27.6 Å². The Morgan fingerprint density at radius 1 is 1.27 bits per heavy atom. The molecule has 0 bridgehead atoms. The molecule has 3 heterocycles. The number of esters is 1. The molecule has 1 aliphatic rings. The highest BCUT2D eigenvalue weighted by Crippen LogP contribution is 2.44. The lowest BCUT2D eigenvalue weighted by Gasteiger charge is -2.24. The summed E-state index contributed by atoms with van der Waals surface area (Å²) in [6.45, 7) is 1.56. The normalized spacial score (nSPS) is 15.8. The van der Waals surface area contributed by atoms with Crippen molar-refractivity contribution < 1.29 is 29.2 Å². The van der Waals surface area contributed by atoms with Gasteiger partial charge in [0.05, 0.1) is 34.2 Å². The fraction of sp³-hybridized carbons (Fsp3) is 0.143. The number of aromatic nitrogens is 1. The van der Waals surface area contributed by atoms with Crippen LogP contribution < -0.4 is 4.90 Å². The number of nitro groups is 1. The Morgan fingerprint density at radius 2 is 2.03 bits per heavy atom.